The molecule has 2 N–H and O–H groups in total. The fourth-order valence-electron chi connectivity index (χ4n) is 2.20. The number of Topliss-reactive ketones (excluding diaryl/α,β-unsaturated/α-hetero) is 2. The fourth-order valence-corrected chi connectivity index (χ4v) is 2.20. The molecule has 0 spiro atoms. The van der Waals surface area contributed by atoms with Crippen LogP contribution in [0.5, 0.6) is 0 Å². The van der Waals surface area contributed by atoms with Gasteiger partial charge in [0.1, 0.15) is 11.6 Å². The van der Waals surface area contributed by atoms with E-state index in [1.165, 1.54) is 6.92 Å². The molecular formula is C15H15N3O3. The third-order valence-electron chi connectivity index (χ3n) is 3.15. The number of carbonyl (C=O) groups excluding carboxylic acids is 2. The van der Waals surface area contributed by atoms with Crippen molar-refractivity contribution >= 4 is 28.2 Å². The van der Waals surface area contributed by atoms with Crippen molar-refractivity contribution in [2.24, 2.45) is 0 Å². The molecular weight excluding hydrogens is 270 g/mol. The molecule has 6 heteroatoms. The Bertz CT molecular complexity index is 1080. The van der Waals surface area contributed by atoms with Crippen molar-refractivity contribution in [2.75, 3.05) is 5.73 Å². The number of aromatic nitrogens is 2. The van der Waals surface area contributed by atoms with Crippen LogP contribution in [0, 0.1) is 6.92 Å². The van der Waals surface area contributed by atoms with Crippen molar-refractivity contribution < 1.29 is 17.8 Å². The van der Waals surface area contributed by atoms with Crippen LogP contribution in [0.25, 0.3) is 10.9 Å². The molecule has 0 bridgehead atoms. The normalized spacial score (nSPS) is 32.7. The Balaban J connectivity index is 2.48. The standard InChI is InChI=1S/C15H15N3O3/c1-8-17-11-4-2-3-10(16)14(11)15(21)18(8)12-6-5-9(19)7-13(12)20/h2-4,12H,5-7,16H2,1H3/i3D,4D,5D,6D2,12D. The number of ketones is 2. The number of anilines is 1. The van der Waals surface area contributed by atoms with Gasteiger partial charge in [-0.1, -0.05) is 6.07 Å². The van der Waals surface area contributed by atoms with Gasteiger partial charge in [0.05, 0.1) is 27.5 Å². The van der Waals surface area contributed by atoms with Gasteiger partial charge in [0.25, 0.3) is 5.56 Å². The minimum atomic E-state index is -3.01. The summed E-state index contributed by atoms with van der Waals surface area (Å²) < 4.78 is 48.6. The second-order valence-electron chi connectivity index (χ2n) is 4.57. The number of hydrogen-bond donors (Lipinski definition) is 1. The van der Waals surface area contributed by atoms with Gasteiger partial charge in [-0.3, -0.25) is 19.0 Å². The van der Waals surface area contributed by atoms with E-state index < -0.39 is 42.3 Å². The second-order valence-corrected chi connectivity index (χ2v) is 4.57. The number of carbonyl (C=O) groups is 2. The van der Waals surface area contributed by atoms with Gasteiger partial charge in [-0.25, -0.2) is 4.98 Å². The minimum absolute atomic E-state index is 0.145. The summed E-state index contributed by atoms with van der Waals surface area (Å²) in [7, 11) is 0. The first-order valence-electron chi connectivity index (χ1n) is 9.21. The van der Waals surface area contributed by atoms with Crippen LogP contribution in [-0.2, 0) is 9.59 Å². The highest BCUT2D eigenvalue weighted by Crippen LogP contribution is 2.24. The summed E-state index contributed by atoms with van der Waals surface area (Å²) in [6, 6.07) is -2.41. The van der Waals surface area contributed by atoms with E-state index in [2.05, 4.69) is 4.98 Å². The molecule has 0 radical (unpaired) electrons. The maximum atomic E-state index is 13.1. The molecule has 1 aliphatic rings. The molecule has 6 nitrogen and oxygen atoms in total. The predicted octanol–water partition coefficient (Wildman–Crippen LogP) is 1.15. The number of nitrogens with zero attached hydrogens (tertiary/aromatic N) is 2. The Morgan fingerprint density at radius 1 is 1.48 bits per heavy atom. The Morgan fingerprint density at radius 2 is 2.24 bits per heavy atom. The van der Waals surface area contributed by atoms with Gasteiger partial charge in [-0.05, 0) is 25.4 Å². The van der Waals surface area contributed by atoms with Gasteiger partial charge < -0.3 is 5.73 Å². The van der Waals surface area contributed by atoms with Crippen molar-refractivity contribution in [2.45, 2.75) is 32.1 Å². The lowest BCUT2D eigenvalue weighted by molar-refractivity contribution is -0.132. The molecule has 1 saturated carbocycles. The van der Waals surface area contributed by atoms with Crippen molar-refractivity contribution in [3.8, 4) is 0 Å². The molecule has 108 valence electrons. The molecule has 1 fully saturated rings. The van der Waals surface area contributed by atoms with E-state index in [1.54, 1.807) is 0 Å². The highest BCUT2D eigenvalue weighted by Gasteiger charge is 2.30. The van der Waals surface area contributed by atoms with Gasteiger partial charge in [0.15, 0.2) is 5.78 Å². The van der Waals surface area contributed by atoms with Crippen LogP contribution in [0.4, 0.5) is 5.69 Å². The molecule has 1 heterocycles. The second kappa shape index (κ2) is 4.80. The van der Waals surface area contributed by atoms with E-state index in [-0.39, 0.29) is 34.5 Å². The zero-order chi connectivity index (χ0) is 20.5. The van der Waals surface area contributed by atoms with Crippen LogP contribution in [-0.4, -0.2) is 21.1 Å². The molecule has 0 amide bonds. The van der Waals surface area contributed by atoms with Gasteiger partial charge in [-0.2, -0.15) is 0 Å². The molecule has 2 unspecified atom stereocenters. The summed E-state index contributed by atoms with van der Waals surface area (Å²) >= 11 is 0. The van der Waals surface area contributed by atoms with Gasteiger partial charge >= 0.3 is 0 Å². The average Bonchev–Trinajstić information content (AvgIpc) is 2.56. The van der Waals surface area contributed by atoms with E-state index in [9.17, 15) is 14.4 Å². The highest BCUT2D eigenvalue weighted by atomic mass is 16.2. The zero-order valence-corrected chi connectivity index (χ0v) is 11.1. The van der Waals surface area contributed by atoms with Gasteiger partial charge in [0, 0.05) is 16.2 Å². The lowest BCUT2D eigenvalue weighted by Gasteiger charge is -2.24. The van der Waals surface area contributed by atoms with Crippen molar-refractivity contribution in [3.63, 3.8) is 0 Å². The molecule has 2 atom stereocenters. The monoisotopic (exact) mass is 291 g/mol. The SMILES string of the molecule is [2H]c1cc([2H])c2nc(C)n(C3([2H])C(=O)CC(=O)C([2H])C3([2H])[2H])c(=O)c2c1N. The summed E-state index contributed by atoms with van der Waals surface area (Å²) in [6.45, 7) is 1.25. The van der Waals surface area contributed by atoms with Crippen LogP contribution >= 0.6 is 0 Å². The first-order chi connectivity index (χ1) is 12.4. The summed E-state index contributed by atoms with van der Waals surface area (Å²) in [5.74, 6) is -2.40. The first kappa shape index (κ1) is 8.07. The maximum absolute atomic E-state index is 13.1. The molecule has 1 aromatic heterocycles. The van der Waals surface area contributed by atoms with E-state index in [1.807, 2.05) is 0 Å². The van der Waals surface area contributed by atoms with Crippen molar-refractivity contribution in [1.29, 1.82) is 0 Å². The smallest absolute Gasteiger partial charge is 0.264 e. The Labute approximate surface area is 129 Å². The summed E-state index contributed by atoms with van der Waals surface area (Å²) in [5.41, 5.74) is 4.23. The zero-order valence-electron chi connectivity index (χ0n) is 17.1. The van der Waals surface area contributed by atoms with E-state index in [0.29, 0.717) is 4.57 Å². The van der Waals surface area contributed by atoms with Crippen LogP contribution in [0.15, 0.2) is 22.9 Å². The summed E-state index contributed by atoms with van der Waals surface area (Å²) in [4.78, 5) is 41.4. The highest BCUT2D eigenvalue weighted by molar-refractivity contribution is 6.03. The number of aryl methyl sites for hydroxylation is 1. The maximum Gasteiger partial charge on any atom is 0.264 e. The number of nitrogen functional groups attached to an aromatic ring is 1. The topological polar surface area (TPSA) is 95.0 Å². The Kier molecular flexibility index (Phi) is 1.84. The molecule has 0 saturated heterocycles. The number of nitrogens with two attached hydrogens (primary N) is 1. The lowest BCUT2D eigenvalue weighted by atomic mass is 9.92. The van der Waals surface area contributed by atoms with Crippen molar-refractivity contribution in [3.05, 3.63) is 34.3 Å². The lowest BCUT2D eigenvalue weighted by Crippen LogP contribution is -2.36. The third-order valence-corrected chi connectivity index (χ3v) is 3.15. The summed E-state index contributed by atoms with van der Waals surface area (Å²) in [6.07, 6.45) is -5.92. The molecule has 2 aromatic rings. The third kappa shape index (κ3) is 2.12. The van der Waals surface area contributed by atoms with Gasteiger partial charge in [0.2, 0.25) is 0 Å². The van der Waals surface area contributed by atoms with E-state index >= 15 is 0 Å². The molecule has 1 aliphatic carbocycles. The van der Waals surface area contributed by atoms with Crippen LogP contribution in [0.3, 0.4) is 0 Å². The Hall–Kier alpha value is -2.50. The average molecular weight is 291 g/mol. The number of hydrogen-bond acceptors (Lipinski definition) is 5. The van der Waals surface area contributed by atoms with Crippen LogP contribution in [0.1, 0.15) is 39.3 Å². The largest absolute Gasteiger partial charge is 0.398 e. The summed E-state index contributed by atoms with van der Waals surface area (Å²) in [5, 5.41) is -0.383. The fraction of sp³-hybridized carbons (Fsp3) is 0.333. The number of benzene rings is 1. The van der Waals surface area contributed by atoms with Crippen molar-refractivity contribution in [1.82, 2.24) is 9.55 Å². The Morgan fingerprint density at radius 3 is 3.00 bits per heavy atom. The first-order valence-corrected chi connectivity index (χ1v) is 6.13. The van der Waals surface area contributed by atoms with Crippen LogP contribution < -0.4 is 11.3 Å². The number of rotatable bonds is 1. The van der Waals surface area contributed by atoms with E-state index in [4.69, 9.17) is 14.0 Å². The minimum Gasteiger partial charge on any atom is -0.398 e. The van der Waals surface area contributed by atoms with Gasteiger partial charge in [-0.15, -0.1) is 0 Å². The molecule has 0 aliphatic heterocycles. The predicted molar refractivity (Wildman–Crippen MR) is 78.1 cm³/mol. The number of fused-ring (bicyclic) bond motifs is 1. The van der Waals surface area contributed by atoms with Crippen LogP contribution in [0.2, 0.25) is 0 Å². The molecule has 3 rings (SSSR count). The molecule has 1 aromatic carbocycles. The van der Waals surface area contributed by atoms with E-state index in [0.717, 1.165) is 6.07 Å². The quantitative estimate of drug-likeness (QED) is 0.628. The molecule has 21 heavy (non-hydrogen) atoms.